The van der Waals surface area contributed by atoms with E-state index in [4.69, 9.17) is 0 Å². The van der Waals surface area contributed by atoms with Gasteiger partial charge in [0, 0.05) is 23.5 Å². The number of carbonyl (C=O) groups is 2. The number of anilines is 1. The van der Waals surface area contributed by atoms with Crippen molar-refractivity contribution in [3.8, 4) is 0 Å². The van der Waals surface area contributed by atoms with Crippen LogP contribution in [-0.4, -0.2) is 43.8 Å². The lowest BCUT2D eigenvalue weighted by Crippen LogP contribution is -2.54. The van der Waals surface area contributed by atoms with Gasteiger partial charge in [0.1, 0.15) is 12.6 Å². The minimum absolute atomic E-state index is 0.0530. The van der Waals surface area contributed by atoms with Crippen LogP contribution in [-0.2, 0) is 32.6 Å². The molecule has 7 nitrogen and oxygen atoms in total. The SMILES string of the molecule is Cc1ccc(S(=O)(=O)N(CC(=O)N(Cc2cccc(Br)c2)[C@@H](Cc2ccccc2)C(=O)NC2CCCC2)c2ccc(C)cc2C)cc1. The summed E-state index contributed by atoms with van der Waals surface area (Å²) >= 11 is 3.54. The van der Waals surface area contributed by atoms with E-state index >= 15 is 0 Å². The van der Waals surface area contributed by atoms with E-state index < -0.39 is 28.5 Å². The number of benzene rings is 4. The van der Waals surface area contributed by atoms with E-state index in [1.165, 1.54) is 4.31 Å². The Kier molecular flexibility index (Phi) is 11.2. The zero-order valence-corrected chi connectivity index (χ0v) is 29.6. The van der Waals surface area contributed by atoms with Crippen LogP contribution in [0.1, 0.15) is 53.5 Å². The summed E-state index contributed by atoms with van der Waals surface area (Å²) < 4.78 is 30.7. The normalized spacial score (nSPS) is 14.0. The molecule has 47 heavy (non-hydrogen) atoms. The van der Waals surface area contributed by atoms with Gasteiger partial charge in [-0.1, -0.05) is 107 Å². The van der Waals surface area contributed by atoms with E-state index in [0.29, 0.717) is 5.69 Å². The number of aryl methyl sites for hydroxylation is 3. The average Bonchev–Trinajstić information content (AvgIpc) is 3.55. The summed E-state index contributed by atoms with van der Waals surface area (Å²) in [4.78, 5) is 30.5. The molecule has 0 saturated heterocycles. The first-order chi connectivity index (χ1) is 22.5. The molecule has 5 rings (SSSR count). The van der Waals surface area contributed by atoms with Crippen molar-refractivity contribution >= 4 is 43.5 Å². The summed E-state index contributed by atoms with van der Waals surface area (Å²) in [6.07, 6.45) is 4.19. The van der Waals surface area contributed by atoms with Gasteiger partial charge in [-0.05, 0) is 80.6 Å². The third-order valence-electron chi connectivity index (χ3n) is 8.72. The van der Waals surface area contributed by atoms with Gasteiger partial charge in [-0.15, -0.1) is 0 Å². The molecule has 0 bridgehead atoms. The van der Waals surface area contributed by atoms with Crippen molar-refractivity contribution < 1.29 is 18.0 Å². The summed E-state index contributed by atoms with van der Waals surface area (Å²) in [6, 6.07) is 28.6. The minimum atomic E-state index is -4.16. The number of nitrogens with one attached hydrogen (secondary N) is 1. The van der Waals surface area contributed by atoms with Crippen molar-refractivity contribution in [3.63, 3.8) is 0 Å². The number of halogens is 1. The van der Waals surface area contributed by atoms with E-state index in [9.17, 15) is 18.0 Å². The molecular weight excluding hydrogens is 674 g/mol. The van der Waals surface area contributed by atoms with E-state index in [-0.39, 0.29) is 29.8 Å². The van der Waals surface area contributed by atoms with Crippen LogP contribution in [0.25, 0.3) is 0 Å². The zero-order valence-electron chi connectivity index (χ0n) is 27.2. The van der Waals surface area contributed by atoms with Gasteiger partial charge in [-0.25, -0.2) is 8.42 Å². The molecule has 1 N–H and O–H groups in total. The van der Waals surface area contributed by atoms with Gasteiger partial charge < -0.3 is 10.2 Å². The topological polar surface area (TPSA) is 86.8 Å². The number of hydrogen-bond acceptors (Lipinski definition) is 4. The van der Waals surface area contributed by atoms with Gasteiger partial charge in [-0.2, -0.15) is 0 Å². The maximum Gasteiger partial charge on any atom is 0.264 e. The van der Waals surface area contributed by atoms with Gasteiger partial charge in [0.2, 0.25) is 11.8 Å². The fourth-order valence-electron chi connectivity index (χ4n) is 6.19. The van der Waals surface area contributed by atoms with E-state index in [1.54, 1.807) is 35.2 Å². The van der Waals surface area contributed by atoms with Crippen LogP contribution in [0.3, 0.4) is 0 Å². The number of hydrogen-bond donors (Lipinski definition) is 1. The number of carbonyl (C=O) groups excluding carboxylic acids is 2. The predicted octanol–water partition coefficient (Wildman–Crippen LogP) is 7.27. The molecule has 9 heteroatoms. The molecule has 0 heterocycles. The molecule has 246 valence electrons. The molecule has 0 unspecified atom stereocenters. The Morgan fingerprint density at radius 1 is 0.830 bits per heavy atom. The summed E-state index contributed by atoms with van der Waals surface area (Å²) in [7, 11) is -4.16. The number of nitrogens with zero attached hydrogens (tertiary/aromatic N) is 2. The molecule has 4 aromatic carbocycles. The number of rotatable bonds is 12. The highest BCUT2D eigenvalue weighted by Gasteiger charge is 2.36. The molecule has 0 aliphatic heterocycles. The molecule has 2 amide bonds. The first-order valence-corrected chi connectivity index (χ1v) is 18.3. The monoisotopic (exact) mass is 715 g/mol. The quantitative estimate of drug-likeness (QED) is 0.167. The first kappa shape index (κ1) is 34.4. The Hall–Kier alpha value is -3.95. The summed E-state index contributed by atoms with van der Waals surface area (Å²) in [5.74, 6) is -0.702. The van der Waals surface area contributed by atoms with E-state index in [0.717, 1.165) is 58.0 Å². The Bertz CT molecular complexity index is 1810. The second kappa shape index (κ2) is 15.3. The highest BCUT2D eigenvalue weighted by molar-refractivity contribution is 9.10. The lowest BCUT2D eigenvalue weighted by molar-refractivity contribution is -0.140. The summed E-state index contributed by atoms with van der Waals surface area (Å²) in [6.45, 7) is 5.33. The maximum atomic E-state index is 14.7. The minimum Gasteiger partial charge on any atom is -0.352 e. The van der Waals surface area contributed by atoms with Gasteiger partial charge in [0.25, 0.3) is 10.0 Å². The van der Waals surface area contributed by atoms with Crippen molar-refractivity contribution in [3.05, 3.63) is 129 Å². The van der Waals surface area contributed by atoms with Crippen molar-refractivity contribution in [2.75, 3.05) is 10.8 Å². The largest absolute Gasteiger partial charge is 0.352 e. The third kappa shape index (κ3) is 8.70. The van der Waals surface area contributed by atoms with E-state index in [1.807, 2.05) is 87.5 Å². The fourth-order valence-corrected chi connectivity index (χ4v) is 8.11. The predicted molar refractivity (Wildman–Crippen MR) is 191 cm³/mol. The second-order valence-corrected chi connectivity index (χ2v) is 15.2. The van der Waals surface area contributed by atoms with Crippen LogP contribution < -0.4 is 9.62 Å². The van der Waals surface area contributed by atoms with Crippen molar-refractivity contribution in [2.45, 2.75) is 76.4 Å². The third-order valence-corrected chi connectivity index (χ3v) is 11.0. The molecular formula is C38H42BrN3O4S. The molecule has 1 saturated carbocycles. The standard InChI is InChI=1S/C38H42BrN3O4S/c1-27-16-19-34(20-17-27)47(45,46)42(35-21-18-28(2)22-29(35)3)26-37(43)41(25-31-12-9-13-32(39)23-31)36(24-30-10-5-4-6-11-30)38(44)40-33-14-7-8-15-33/h4-6,9-13,16-23,33,36H,7-8,14-15,24-26H2,1-3H3,(H,40,44)/t36-/m0/s1. The summed E-state index contributed by atoms with van der Waals surface area (Å²) in [5, 5.41) is 3.22. The second-order valence-electron chi connectivity index (χ2n) is 12.5. The van der Waals surface area contributed by atoms with Crippen LogP contribution in [0.15, 0.2) is 106 Å². The van der Waals surface area contributed by atoms with E-state index in [2.05, 4.69) is 21.2 Å². The Labute approximate surface area is 287 Å². The smallest absolute Gasteiger partial charge is 0.264 e. The van der Waals surface area contributed by atoms with Crippen LogP contribution in [0.4, 0.5) is 5.69 Å². The molecule has 1 aliphatic rings. The van der Waals surface area contributed by atoms with Crippen molar-refractivity contribution in [1.29, 1.82) is 0 Å². The molecule has 0 spiro atoms. The Morgan fingerprint density at radius 2 is 1.49 bits per heavy atom. The molecule has 4 aromatic rings. The van der Waals surface area contributed by atoms with Gasteiger partial charge in [0.15, 0.2) is 0 Å². The maximum absolute atomic E-state index is 14.7. The molecule has 1 atom stereocenters. The van der Waals surface area contributed by atoms with Crippen LogP contribution in [0.2, 0.25) is 0 Å². The van der Waals surface area contributed by atoms with Gasteiger partial charge in [-0.3, -0.25) is 13.9 Å². The fraction of sp³-hybridized carbons (Fsp3) is 0.316. The number of amides is 2. The van der Waals surface area contributed by atoms with Crippen molar-refractivity contribution in [1.82, 2.24) is 10.2 Å². The lowest BCUT2D eigenvalue weighted by Gasteiger charge is -2.34. The highest BCUT2D eigenvalue weighted by Crippen LogP contribution is 2.29. The average molecular weight is 717 g/mol. The summed E-state index contributed by atoms with van der Waals surface area (Å²) in [5.41, 5.74) is 4.78. The molecule has 0 aromatic heterocycles. The van der Waals surface area contributed by atoms with Gasteiger partial charge in [0.05, 0.1) is 10.6 Å². The van der Waals surface area contributed by atoms with Crippen LogP contribution >= 0.6 is 15.9 Å². The molecule has 0 radical (unpaired) electrons. The van der Waals surface area contributed by atoms with Gasteiger partial charge >= 0.3 is 0 Å². The van der Waals surface area contributed by atoms with Crippen molar-refractivity contribution in [2.24, 2.45) is 0 Å². The van der Waals surface area contributed by atoms with Crippen LogP contribution in [0, 0.1) is 20.8 Å². The lowest BCUT2D eigenvalue weighted by atomic mass is 10.0. The molecule has 1 fully saturated rings. The van der Waals surface area contributed by atoms with Crippen LogP contribution in [0.5, 0.6) is 0 Å². The molecule has 1 aliphatic carbocycles. The zero-order chi connectivity index (χ0) is 33.6. The highest BCUT2D eigenvalue weighted by atomic mass is 79.9. The Morgan fingerprint density at radius 3 is 2.15 bits per heavy atom. The number of sulfonamides is 1. The Balaban J connectivity index is 1.58. The first-order valence-electron chi connectivity index (χ1n) is 16.1.